The highest BCUT2D eigenvalue weighted by Gasteiger charge is 2.15. The molecule has 0 atom stereocenters. The summed E-state index contributed by atoms with van der Waals surface area (Å²) in [5, 5.41) is 0. The molecule has 88 valence electrons. The molecule has 0 fully saturated rings. The first-order chi connectivity index (χ1) is 8.28. The Hall–Kier alpha value is -2.01. The van der Waals surface area contributed by atoms with Gasteiger partial charge >= 0.3 is 0 Å². The van der Waals surface area contributed by atoms with Crippen LogP contribution in [0.15, 0.2) is 18.2 Å². The number of aromatic nitrogens is 2. The van der Waals surface area contributed by atoms with Gasteiger partial charge in [-0.25, -0.2) is 4.98 Å². The minimum atomic E-state index is 0.282. The first-order valence-electron chi connectivity index (χ1n) is 5.43. The number of ether oxygens (including phenoxy) is 2. The lowest BCUT2D eigenvalue weighted by Crippen LogP contribution is -1.98. The Kier molecular flexibility index (Phi) is 2.26. The normalized spacial score (nSPS) is 13.1. The van der Waals surface area contributed by atoms with E-state index >= 15 is 0 Å². The van der Waals surface area contributed by atoms with Gasteiger partial charge in [-0.3, -0.25) is 0 Å². The molecule has 1 aliphatic rings. The standard InChI is InChI=1S/C12H13N3O2/c1-7-9(5-13)15-12(14-7)8-2-3-10-11(4-8)17-6-16-10/h2-4H,5-6,13H2,1H3,(H,14,15). The van der Waals surface area contributed by atoms with Crippen molar-refractivity contribution in [3.63, 3.8) is 0 Å². The van der Waals surface area contributed by atoms with E-state index in [2.05, 4.69) is 9.97 Å². The van der Waals surface area contributed by atoms with E-state index in [1.165, 1.54) is 0 Å². The molecule has 17 heavy (non-hydrogen) atoms. The second kappa shape index (κ2) is 3.78. The van der Waals surface area contributed by atoms with Crippen molar-refractivity contribution in [1.82, 2.24) is 9.97 Å². The molecule has 3 N–H and O–H groups in total. The van der Waals surface area contributed by atoms with Crippen molar-refractivity contribution in [3.8, 4) is 22.9 Å². The van der Waals surface area contributed by atoms with Crippen LogP contribution in [0.3, 0.4) is 0 Å². The van der Waals surface area contributed by atoms with Gasteiger partial charge < -0.3 is 20.2 Å². The number of fused-ring (bicyclic) bond motifs is 1. The van der Waals surface area contributed by atoms with Crippen LogP contribution in [-0.2, 0) is 6.54 Å². The lowest BCUT2D eigenvalue weighted by atomic mass is 10.2. The van der Waals surface area contributed by atoms with Crippen LogP contribution in [-0.4, -0.2) is 16.8 Å². The monoisotopic (exact) mass is 231 g/mol. The van der Waals surface area contributed by atoms with E-state index in [1.54, 1.807) is 0 Å². The predicted molar refractivity (Wildman–Crippen MR) is 62.8 cm³/mol. The summed E-state index contributed by atoms with van der Waals surface area (Å²) in [6.45, 7) is 2.68. The third-order valence-electron chi connectivity index (χ3n) is 2.82. The van der Waals surface area contributed by atoms with Gasteiger partial charge in [0.25, 0.3) is 0 Å². The highest BCUT2D eigenvalue weighted by Crippen LogP contribution is 2.35. The van der Waals surface area contributed by atoms with Gasteiger partial charge in [0.05, 0.1) is 5.69 Å². The number of aromatic amines is 1. The van der Waals surface area contributed by atoms with E-state index in [0.29, 0.717) is 6.54 Å². The quantitative estimate of drug-likeness (QED) is 0.822. The lowest BCUT2D eigenvalue weighted by molar-refractivity contribution is 0.174. The molecule has 0 spiro atoms. The highest BCUT2D eigenvalue weighted by atomic mass is 16.7. The SMILES string of the molecule is Cc1[nH]c(-c2ccc3c(c2)OCO3)nc1CN. The Morgan fingerprint density at radius 3 is 2.94 bits per heavy atom. The Balaban J connectivity index is 2.03. The Labute approximate surface area is 98.6 Å². The second-order valence-corrected chi connectivity index (χ2v) is 3.93. The first-order valence-corrected chi connectivity index (χ1v) is 5.43. The minimum Gasteiger partial charge on any atom is -0.454 e. The largest absolute Gasteiger partial charge is 0.454 e. The van der Waals surface area contributed by atoms with Crippen molar-refractivity contribution in [3.05, 3.63) is 29.6 Å². The van der Waals surface area contributed by atoms with Crippen LogP contribution in [0.25, 0.3) is 11.4 Å². The summed E-state index contributed by atoms with van der Waals surface area (Å²) >= 11 is 0. The number of aryl methyl sites for hydroxylation is 1. The summed E-state index contributed by atoms with van der Waals surface area (Å²) in [6.07, 6.45) is 0. The number of nitrogens with zero attached hydrogens (tertiary/aromatic N) is 1. The number of hydrogen-bond donors (Lipinski definition) is 2. The fourth-order valence-electron chi connectivity index (χ4n) is 1.88. The van der Waals surface area contributed by atoms with Gasteiger partial charge in [0.15, 0.2) is 11.5 Å². The molecule has 5 heteroatoms. The van der Waals surface area contributed by atoms with Crippen LogP contribution >= 0.6 is 0 Å². The summed E-state index contributed by atoms with van der Waals surface area (Å²) in [7, 11) is 0. The summed E-state index contributed by atoms with van der Waals surface area (Å²) in [5.41, 5.74) is 8.46. The van der Waals surface area contributed by atoms with Crippen molar-refractivity contribution in [2.24, 2.45) is 5.73 Å². The van der Waals surface area contributed by atoms with Gasteiger partial charge in [0, 0.05) is 17.8 Å². The number of H-pyrrole nitrogens is 1. The zero-order valence-corrected chi connectivity index (χ0v) is 9.49. The lowest BCUT2D eigenvalue weighted by Gasteiger charge is -1.99. The van der Waals surface area contributed by atoms with Crippen LogP contribution in [0, 0.1) is 6.92 Å². The van der Waals surface area contributed by atoms with E-state index in [9.17, 15) is 0 Å². The second-order valence-electron chi connectivity index (χ2n) is 3.93. The molecule has 5 nitrogen and oxygen atoms in total. The topological polar surface area (TPSA) is 73.2 Å². The Morgan fingerprint density at radius 2 is 2.18 bits per heavy atom. The van der Waals surface area contributed by atoms with Gasteiger partial charge in [-0.2, -0.15) is 0 Å². The maximum absolute atomic E-state index is 5.61. The van der Waals surface area contributed by atoms with Crippen molar-refractivity contribution < 1.29 is 9.47 Å². The zero-order valence-electron chi connectivity index (χ0n) is 9.49. The molecule has 3 rings (SSSR count). The molecular weight excluding hydrogens is 218 g/mol. The summed E-state index contributed by atoms with van der Waals surface area (Å²) < 4.78 is 10.6. The molecule has 0 aliphatic carbocycles. The van der Waals surface area contributed by atoms with Gasteiger partial charge in [-0.05, 0) is 25.1 Å². The molecule has 1 aromatic heterocycles. The molecule has 1 aliphatic heterocycles. The number of nitrogens with one attached hydrogen (secondary N) is 1. The smallest absolute Gasteiger partial charge is 0.231 e. The average Bonchev–Trinajstić information content (AvgIpc) is 2.93. The molecule has 2 aromatic rings. The number of rotatable bonds is 2. The molecule has 0 amide bonds. The van der Waals surface area contributed by atoms with Gasteiger partial charge in [-0.1, -0.05) is 0 Å². The summed E-state index contributed by atoms with van der Waals surface area (Å²) in [6, 6.07) is 5.75. The van der Waals surface area contributed by atoms with Gasteiger partial charge in [-0.15, -0.1) is 0 Å². The van der Waals surface area contributed by atoms with Gasteiger partial charge in [0.2, 0.25) is 6.79 Å². The van der Waals surface area contributed by atoms with Crippen LogP contribution in [0.4, 0.5) is 0 Å². The van der Waals surface area contributed by atoms with Crippen molar-refractivity contribution in [2.75, 3.05) is 6.79 Å². The van der Waals surface area contributed by atoms with Crippen molar-refractivity contribution in [2.45, 2.75) is 13.5 Å². The number of imidazole rings is 1. The predicted octanol–water partition coefficient (Wildman–Crippen LogP) is 1.57. The fraction of sp³-hybridized carbons (Fsp3) is 0.250. The molecule has 0 saturated heterocycles. The maximum Gasteiger partial charge on any atom is 0.231 e. The molecule has 2 heterocycles. The summed E-state index contributed by atoms with van der Waals surface area (Å²) in [5.74, 6) is 2.34. The highest BCUT2D eigenvalue weighted by molar-refractivity contribution is 5.62. The van der Waals surface area contributed by atoms with Crippen LogP contribution in [0.5, 0.6) is 11.5 Å². The Bertz CT molecular complexity index is 563. The first kappa shape index (κ1) is 10.2. The zero-order chi connectivity index (χ0) is 11.8. The molecule has 0 bridgehead atoms. The van der Waals surface area contributed by atoms with E-state index in [0.717, 1.165) is 34.3 Å². The molecule has 0 unspecified atom stereocenters. The number of hydrogen-bond acceptors (Lipinski definition) is 4. The van der Waals surface area contributed by atoms with Gasteiger partial charge in [0.1, 0.15) is 5.82 Å². The number of benzene rings is 1. The van der Waals surface area contributed by atoms with Crippen LogP contribution in [0.2, 0.25) is 0 Å². The fourth-order valence-corrected chi connectivity index (χ4v) is 1.88. The maximum atomic E-state index is 5.61. The summed E-state index contributed by atoms with van der Waals surface area (Å²) in [4.78, 5) is 7.66. The van der Waals surface area contributed by atoms with E-state index in [-0.39, 0.29) is 6.79 Å². The van der Waals surface area contributed by atoms with Crippen molar-refractivity contribution >= 4 is 0 Å². The minimum absolute atomic E-state index is 0.282. The van der Waals surface area contributed by atoms with Crippen LogP contribution < -0.4 is 15.2 Å². The molecule has 0 radical (unpaired) electrons. The number of nitrogens with two attached hydrogens (primary N) is 1. The Morgan fingerprint density at radius 1 is 1.35 bits per heavy atom. The van der Waals surface area contributed by atoms with E-state index in [4.69, 9.17) is 15.2 Å². The van der Waals surface area contributed by atoms with Crippen molar-refractivity contribution in [1.29, 1.82) is 0 Å². The third kappa shape index (κ3) is 1.64. The molecule has 1 aromatic carbocycles. The van der Waals surface area contributed by atoms with Crippen LogP contribution in [0.1, 0.15) is 11.4 Å². The average molecular weight is 231 g/mol. The van der Waals surface area contributed by atoms with E-state index < -0.39 is 0 Å². The van der Waals surface area contributed by atoms with E-state index in [1.807, 2.05) is 25.1 Å². The molecule has 0 saturated carbocycles. The molecular formula is C12H13N3O2. The third-order valence-corrected chi connectivity index (χ3v) is 2.82.